The molecule has 4 rings (SSSR count). The topological polar surface area (TPSA) is 92.4 Å². The van der Waals surface area contributed by atoms with E-state index in [1.807, 2.05) is 35.0 Å². The van der Waals surface area contributed by atoms with Crippen LogP contribution in [0.5, 0.6) is 0 Å². The lowest BCUT2D eigenvalue weighted by atomic mass is 9.81. The Morgan fingerprint density at radius 1 is 0.974 bits per heavy atom. The first kappa shape index (κ1) is 27.7. The van der Waals surface area contributed by atoms with Crippen molar-refractivity contribution in [2.24, 2.45) is 0 Å². The highest BCUT2D eigenvalue weighted by atomic mass is 32.2. The van der Waals surface area contributed by atoms with Crippen LogP contribution >= 0.6 is 0 Å². The smallest absolute Gasteiger partial charge is 0.176 e. The average molecular weight is 537 g/mol. The Morgan fingerprint density at radius 2 is 1.61 bits per heavy atom. The predicted molar refractivity (Wildman–Crippen MR) is 147 cm³/mol. The third-order valence-corrected chi connectivity index (χ3v) is 8.06. The van der Waals surface area contributed by atoms with Crippen molar-refractivity contribution < 1.29 is 23.0 Å². The maximum absolute atomic E-state index is 14.7. The molecule has 2 N–H and O–H groups in total. The second-order valence-electron chi connectivity index (χ2n) is 10.7. The number of aromatic nitrogens is 2. The summed E-state index contributed by atoms with van der Waals surface area (Å²) in [6, 6.07) is 18.0. The lowest BCUT2D eigenvalue weighted by Gasteiger charge is -2.27. The van der Waals surface area contributed by atoms with Crippen LogP contribution in [0.1, 0.15) is 55.9 Å². The van der Waals surface area contributed by atoms with Gasteiger partial charge >= 0.3 is 0 Å². The van der Waals surface area contributed by atoms with E-state index in [0.29, 0.717) is 16.8 Å². The van der Waals surface area contributed by atoms with Crippen LogP contribution in [-0.4, -0.2) is 34.4 Å². The highest BCUT2D eigenvalue weighted by molar-refractivity contribution is 7.90. The van der Waals surface area contributed by atoms with Crippen LogP contribution in [0, 0.1) is 12.7 Å². The van der Waals surface area contributed by atoms with Gasteiger partial charge in [-0.05, 0) is 81.1 Å². The molecule has 4 aromatic rings. The fourth-order valence-corrected chi connectivity index (χ4v) is 5.73. The van der Waals surface area contributed by atoms with Crippen molar-refractivity contribution in [2.45, 2.75) is 57.1 Å². The van der Waals surface area contributed by atoms with Crippen molar-refractivity contribution in [1.82, 2.24) is 9.55 Å². The molecule has 38 heavy (non-hydrogen) atoms. The highest BCUT2D eigenvalue weighted by Crippen LogP contribution is 2.36. The molecule has 1 heterocycles. The molecule has 0 atom stereocenters. The molecule has 0 spiro atoms. The number of aliphatic hydroxyl groups excluding tert-OH is 1. The molecule has 0 amide bonds. The summed E-state index contributed by atoms with van der Waals surface area (Å²) >= 11 is 0. The van der Waals surface area contributed by atoms with Gasteiger partial charge in [0.1, 0.15) is 17.2 Å². The Bertz CT molecular complexity index is 1600. The van der Waals surface area contributed by atoms with Crippen molar-refractivity contribution in [1.29, 1.82) is 0 Å². The van der Waals surface area contributed by atoms with Crippen molar-refractivity contribution in [3.8, 4) is 16.8 Å². The molecule has 0 saturated carbocycles. The molecule has 0 unspecified atom stereocenters. The van der Waals surface area contributed by atoms with E-state index in [2.05, 4.69) is 32.9 Å². The molecule has 6 nitrogen and oxygen atoms in total. The number of aliphatic hydroxyl groups is 2. The minimum absolute atomic E-state index is 0.231. The molecule has 0 aliphatic heterocycles. The van der Waals surface area contributed by atoms with Gasteiger partial charge in [0.2, 0.25) is 0 Å². The van der Waals surface area contributed by atoms with Crippen molar-refractivity contribution in [2.75, 3.05) is 6.26 Å². The van der Waals surface area contributed by atoms with Gasteiger partial charge in [-0.3, -0.25) is 0 Å². The highest BCUT2D eigenvalue weighted by Gasteiger charge is 2.33. The van der Waals surface area contributed by atoms with E-state index in [-0.39, 0.29) is 10.5 Å². The summed E-state index contributed by atoms with van der Waals surface area (Å²) in [5.74, 6) is -0.0319. The van der Waals surface area contributed by atoms with Gasteiger partial charge in [0.25, 0.3) is 0 Å². The SMILES string of the molecule is Cc1ccccc1C(C)(C)c1nc(C(C)(C)O)cn1-c1ccc(-c2cc(F)c(CO)c(S(C)(=O)=O)c2)cc1. The second kappa shape index (κ2) is 9.76. The number of hydrogen-bond acceptors (Lipinski definition) is 5. The van der Waals surface area contributed by atoms with E-state index in [9.17, 15) is 23.0 Å². The zero-order valence-corrected chi connectivity index (χ0v) is 23.3. The number of hydrogen-bond donors (Lipinski definition) is 2. The number of halogens is 1. The average Bonchev–Trinajstić information content (AvgIpc) is 3.30. The molecule has 0 fully saturated rings. The summed E-state index contributed by atoms with van der Waals surface area (Å²) in [7, 11) is -3.75. The van der Waals surface area contributed by atoms with Crippen LogP contribution in [0.4, 0.5) is 4.39 Å². The maximum atomic E-state index is 14.7. The van der Waals surface area contributed by atoms with E-state index in [1.54, 1.807) is 26.0 Å². The van der Waals surface area contributed by atoms with Gasteiger partial charge in [0.05, 0.1) is 17.2 Å². The fourth-order valence-electron chi connectivity index (χ4n) is 4.78. The number of nitrogens with zero attached hydrogens (tertiary/aromatic N) is 2. The van der Waals surface area contributed by atoms with E-state index >= 15 is 0 Å². The molecular weight excluding hydrogens is 503 g/mol. The van der Waals surface area contributed by atoms with Crippen LogP contribution in [0.3, 0.4) is 0 Å². The van der Waals surface area contributed by atoms with Crippen molar-refractivity contribution >= 4 is 9.84 Å². The normalized spacial score (nSPS) is 12.7. The van der Waals surface area contributed by atoms with Crippen LogP contribution in [0.25, 0.3) is 16.8 Å². The van der Waals surface area contributed by atoms with Gasteiger partial charge in [-0.25, -0.2) is 17.8 Å². The van der Waals surface area contributed by atoms with Gasteiger partial charge < -0.3 is 14.8 Å². The van der Waals surface area contributed by atoms with Gasteiger partial charge in [-0.15, -0.1) is 0 Å². The van der Waals surface area contributed by atoms with Gasteiger partial charge in [-0.2, -0.15) is 0 Å². The standard InChI is InChI=1S/C30H33FN2O4S/c1-19-9-7-8-10-24(19)29(2,3)28-32-27(30(4,5)35)17-33(28)22-13-11-20(12-14-22)21-15-25(31)23(18-34)26(16-21)38(6,36)37/h7-17,34-35H,18H2,1-6H3. The minimum atomic E-state index is -3.75. The predicted octanol–water partition coefficient (Wildman–Crippen LogP) is 5.44. The third-order valence-electron chi connectivity index (χ3n) is 6.90. The Labute approximate surface area is 223 Å². The number of imidazole rings is 1. The number of rotatable bonds is 7. The Balaban J connectivity index is 1.84. The lowest BCUT2D eigenvalue weighted by molar-refractivity contribution is 0.0740. The number of benzene rings is 3. The minimum Gasteiger partial charge on any atom is -0.392 e. The molecule has 0 aliphatic rings. The van der Waals surface area contributed by atoms with Crippen LogP contribution in [0.15, 0.2) is 71.8 Å². The fraction of sp³-hybridized carbons (Fsp3) is 0.300. The molecule has 0 saturated heterocycles. The molecule has 3 aromatic carbocycles. The van der Waals surface area contributed by atoms with E-state index in [4.69, 9.17) is 4.98 Å². The summed E-state index contributed by atoms with van der Waals surface area (Å²) in [6.07, 6.45) is 2.81. The van der Waals surface area contributed by atoms with Crippen LogP contribution in [0.2, 0.25) is 0 Å². The van der Waals surface area contributed by atoms with Gasteiger partial charge in [-0.1, -0.05) is 36.4 Å². The first-order valence-electron chi connectivity index (χ1n) is 12.3. The molecule has 1 aromatic heterocycles. The summed E-state index contributed by atoms with van der Waals surface area (Å²) in [4.78, 5) is 4.64. The first-order chi connectivity index (χ1) is 17.6. The number of sulfone groups is 1. The summed E-state index contributed by atoms with van der Waals surface area (Å²) in [6.45, 7) is 8.91. The van der Waals surface area contributed by atoms with Gasteiger partial charge in [0, 0.05) is 29.1 Å². The van der Waals surface area contributed by atoms with E-state index in [1.165, 1.54) is 12.1 Å². The first-order valence-corrected chi connectivity index (χ1v) is 14.2. The van der Waals surface area contributed by atoms with Crippen LogP contribution < -0.4 is 0 Å². The Hall–Kier alpha value is -3.33. The largest absolute Gasteiger partial charge is 0.392 e. The molecular formula is C30H33FN2O4S. The molecule has 8 heteroatoms. The van der Waals surface area contributed by atoms with E-state index < -0.39 is 33.3 Å². The lowest BCUT2D eigenvalue weighted by Crippen LogP contribution is -2.25. The Morgan fingerprint density at radius 3 is 2.16 bits per heavy atom. The second-order valence-corrected chi connectivity index (χ2v) is 12.7. The summed E-state index contributed by atoms with van der Waals surface area (Å²) in [5.41, 5.74) is 2.65. The quantitative estimate of drug-likeness (QED) is 0.328. The third kappa shape index (κ3) is 5.16. The van der Waals surface area contributed by atoms with E-state index in [0.717, 1.165) is 28.9 Å². The Kier molecular flexibility index (Phi) is 7.12. The molecule has 0 radical (unpaired) electrons. The molecule has 0 bridgehead atoms. The molecule has 200 valence electrons. The van der Waals surface area contributed by atoms with Crippen molar-refractivity contribution in [3.05, 3.63) is 101 Å². The zero-order valence-electron chi connectivity index (χ0n) is 22.4. The zero-order chi connectivity index (χ0) is 28.0. The summed E-state index contributed by atoms with van der Waals surface area (Å²) in [5, 5.41) is 20.2. The summed E-state index contributed by atoms with van der Waals surface area (Å²) < 4.78 is 41.1. The number of aryl methyl sites for hydroxylation is 1. The monoisotopic (exact) mass is 536 g/mol. The van der Waals surface area contributed by atoms with Gasteiger partial charge in [0.15, 0.2) is 9.84 Å². The maximum Gasteiger partial charge on any atom is 0.176 e. The molecule has 0 aliphatic carbocycles. The van der Waals surface area contributed by atoms with Crippen molar-refractivity contribution in [3.63, 3.8) is 0 Å². The van der Waals surface area contributed by atoms with Crippen LogP contribution in [-0.2, 0) is 27.5 Å².